The molecule has 5 heteroatoms. The molecule has 0 N–H and O–H groups in total. The van der Waals surface area contributed by atoms with Crippen molar-refractivity contribution in [3.8, 4) is 0 Å². The van der Waals surface area contributed by atoms with Crippen LogP contribution in [0.3, 0.4) is 0 Å². The van der Waals surface area contributed by atoms with Crippen LogP contribution in [0.4, 0.5) is 4.79 Å². The van der Waals surface area contributed by atoms with E-state index in [4.69, 9.17) is 4.74 Å². The molecule has 120 valence electrons. The molecule has 2 fully saturated rings. The van der Waals surface area contributed by atoms with Gasteiger partial charge < -0.3 is 14.5 Å². The van der Waals surface area contributed by atoms with Gasteiger partial charge in [0.2, 0.25) is 5.91 Å². The Morgan fingerprint density at radius 3 is 2.38 bits per heavy atom. The van der Waals surface area contributed by atoms with Crippen molar-refractivity contribution in [2.75, 3.05) is 26.2 Å². The molecule has 0 saturated carbocycles. The van der Waals surface area contributed by atoms with Gasteiger partial charge in [-0.25, -0.2) is 4.79 Å². The molecule has 0 bridgehead atoms. The van der Waals surface area contributed by atoms with E-state index in [1.165, 1.54) is 0 Å². The van der Waals surface area contributed by atoms with E-state index in [2.05, 4.69) is 13.8 Å². The summed E-state index contributed by atoms with van der Waals surface area (Å²) in [5.41, 5.74) is -0.354. The molecule has 0 aromatic rings. The number of ether oxygens (including phenoxy) is 1. The van der Waals surface area contributed by atoms with Gasteiger partial charge in [-0.2, -0.15) is 0 Å². The van der Waals surface area contributed by atoms with Crippen LogP contribution in [0, 0.1) is 5.92 Å². The van der Waals surface area contributed by atoms with Gasteiger partial charge in [-0.1, -0.05) is 33.6 Å². The van der Waals surface area contributed by atoms with E-state index in [0.717, 1.165) is 32.2 Å². The van der Waals surface area contributed by atoms with Gasteiger partial charge in [-0.3, -0.25) is 4.79 Å². The average molecular weight is 296 g/mol. The molecule has 0 radical (unpaired) electrons. The number of hydrogen-bond donors (Lipinski definition) is 0. The summed E-state index contributed by atoms with van der Waals surface area (Å²) in [4.78, 5) is 27.6. The second kappa shape index (κ2) is 6.67. The van der Waals surface area contributed by atoms with Crippen molar-refractivity contribution in [2.24, 2.45) is 5.92 Å². The van der Waals surface area contributed by atoms with Crippen LogP contribution in [0.5, 0.6) is 0 Å². The summed E-state index contributed by atoms with van der Waals surface area (Å²) >= 11 is 0. The number of carbonyl (C=O) groups excluding carboxylic acids is 2. The highest BCUT2D eigenvalue weighted by atomic mass is 16.6. The van der Waals surface area contributed by atoms with Gasteiger partial charge in [-0.05, 0) is 5.92 Å². The van der Waals surface area contributed by atoms with Gasteiger partial charge in [-0.15, -0.1) is 0 Å². The summed E-state index contributed by atoms with van der Waals surface area (Å²) in [6.07, 6.45) is 4.09. The van der Waals surface area contributed by atoms with Crippen LogP contribution in [0.25, 0.3) is 0 Å². The van der Waals surface area contributed by atoms with E-state index in [1.807, 2.05) is 16.7 Å². The Hall–Kier alpha value is -1.26. The van der Waals surface area contributed by atoms with Crippen molar-refractivity contribution in [1.29, 1.82) is 0 Å². The number of hydrogen-bond acceptors (Lipinski definition) is 3. The highest BCUT2D eigenvalue weighted by Gasteiger charge is 2.47. The Morgan fingerprint density at radius 1 is 1.24 bits per heavy atom. The molecule has 5 nitrogen and oxygen atoms in total. The minimum absolute atomic E-state index is 0.169. The van der Waals surface area contributed by atoms with Crippen molar-refractivity contribution in [3.63, 3.8) is 0 Å². The molecule has 1 spiro atoms. The second-order valence-electron chi connectivity index (χ2n) is 6.35. The molecule has 2 amide bonds. The predicted molar refractivity (Wildman–Crippen MR) is 81.0 cm³/mol. The normalized spacial score (nSPS) is 21.2. The van der Waals surface area contributed by atoms with E-state index in [9.17, 15) is 9.59 Å². The smallest absolute Gasteiger partial charge is 0.410 e. The van der Waals surface area contributed by atoms with Crippen molar-refractivity contribution in [1.82, 2.24) is 9.80 Å². The molecule has 2 heterocycles. The molecule has 2 aliphatic rings. The van der Waals surface area contributed by atoms with Crippen LogP contribution < -0.4 is 0 Å². The predicted octanol–water partition coefficient (Wildman–Crippen LogP) is 2.65. The molecule has 0 aromatic carbocycles. The maximum Gasteiger partial charge on any atom is 0.410 e. The highest BCUT2D eigenvalue weighted by Crippen LogP contribution is 2.34. The number of amides is 2. The minimum atomic E-state index is -0.354. The molecule has 2 aliphatic heterocycles. The molecule has 0 atom stereocenters. The van der Waals surface area contributed by atoms with E-state index in [1.54, 1.807) is 0 Å². The number of nitrogens with zero attached hydrogens (tertiary/aromatic N) is 2. The zero-order chi connectivity index (χ0) is 15.5. The van der Waals surface area contributed by atoms with Gasteiger partial charge in [0.1, 0.15) is 5.60 Å². The number of piperidine rings is 1. The van der Waals surface area contributed by atoms with Crippen molar-refractivity contribution >= 4 is 12.0 Å². The second-order valence-corrected chi connectivity index (χ2v) is 6.35. The summed E-state index contributed by atoms with van der Waals surface area (Å²) in [7, 11) is 0. The molecule has 0 unspecified atom stereocenters. The van der Waals surface area contributed by atoms with Crippen LogP contribution in [-0.4, -0.2) is 53.6 Å². The van der Waals surface area contributed by atoms with E-state index in [-0.39, 0.29) is 17.6 Å². The third kappa shape index (κ3) is 3.50. The van der Waals surface area contributed by atoms with Crippen molar-refractivity contribution in [3.05, 3.63) is 0 Å². The van der Waals surface area contributed by atoms with Gasteiger partial charge in [0.25, 0.3) is 0 Å². The lowest BCUT2D eigenvalue weighted by Crippen LogP contribution is -2.48. The Bertz CT molecular complexity index is 385. The fourth-order valence-electron chi connectivity index (χ4n) is 3.34. The Labute approximate surface area is 127 Å². The fraction of sp³-hybridized carbons (Fsp3) is 0.875. The van der Waals surface area contributed by atoms with Gasteiger partial charge in [0, 0.05) is 38.9 Å². The van der Waals surface area contributed by atoms with Gasteiger partial charge in [0.15, 0.2) is 0 Å². The lowest BCUT2D eigenvalue weighted by Gasteiger charge is -2.37. The topological polar surface area (TPSA) is 49.9 Å². The standard InChI is InChI=1S/C16H28N2O3/c1-4-13(5-2)11-18-12-16(21-15(18)20)7-9-17(10-8-16)14(19)6-3/h13H,4-12H2,1-3H3. The lowest BCUT2D eigenvalue weighted by atomic mass is 9.91. The molecule has 2 rings (SSSR count). The summed E-state index contributed by atoms with van der Waals surface area (Å²) in [5, 5.41) is 0. The zero-order valence-corrected chi connectivity index (χ0v) is 13.6. The highest BCUT2D eigenvalue weighted by molar-refractivity contribution is 5.76. The lowest BCUT2D eigenvalue weighted by molar-refractivity contribution is -0.134. The first kappa shape index (κ1) is 16.1. The zero-order valence-electron chi connectivity index (χ0n) is 13.6. The quantitative estimate of drug-likeness (QED) is 0.783. The van der Waals surface area contributed by atoms with Crippen LogP contribution in [0.15, 0.2) is 0 Å². The van der Waals surface area contributed by atoms with E-state index < -0.39 is 0 Å². The van der Waals surface area contributed by atoms with Crippen LogP contribution in [0.1, 0.15) is 52.9 Å². The van der Waals surface area contributed by atoms with Crippen LogP contribution >= 0.6 is 0 Å². The number of likely N-dealkylation sites (tertiary alicyclic amines) is 1. The SMILES string of the molecule is CCC(=O)N1CCC2(CC1)CN(CC(CC)CC)C(=O)O2. The molecular weight excluding hydrogens is 268 g/mol. The van der Waals surface area contributed by atoms with Crippen LogP contribution in [-0.2, 0) is 9.53 Å². The molecule has 0 aromatic heterocycles. The third-order valence-corrected chi connectivity index (χ3v) is 5.00. The van der Waals surface area contributed by atoms with Crippen molar-refractivity contribution in [2.45, 2.75) is 58.5 Å². The number of rotatable bonds is 5. The van der Waals surface area contributed by atoms with Crippen molar-refractivity contribution < 1.29 is 14.3 Å². The van der Waals surface area contributed by atoms with E-state index in [0.29, 0.717) is 32.0 Å². The fourth-order valence-corrected chi connectivity index (χ4v) is 3.34. The van der Waals surface area contributed by atoms with Crippen LogP contribution in [0.2, 0.25) is 0 Å². The molecule has 21 heavy (non-hydrogen) atoms. The minimum Gasteiger partial charge on any atom is -0.441 e. The maximum atomic E-state index is 12.1. The first-order valence-corrected chi connectivity index (χ1v) is 8.29. The molecule has 2 saturated heterocycles. The summed E-state index contributed by atoms with van der Waals surface area (Å²) in [6.45, 7) is 9.12. The Balaban J connectivity index is 1.92. The first-order chi connectivity index (χ1) is 10.0. The van der Waals surface area contributed by atoms with Gasteiger partial charge >= 0.3 is 6.09 Å². The monoisotopic (exact) mass is 296 g/mol. The summed E-state index contributed by atoms with van der Waals surface area (Å²) in [5.74, 6) is 0.748. The maximum absolute atomic E-state index is 12.1. The Morgan fingerprint density at radius 2 is 1.86 bits per heavy atom. The first-order valence-electron chi connectivity index (χ1n) is 8.29. The summed E-state index contributed by atoms with van der Waals surface area (Å²) < 4.78 is 5.70. The molecule has 0 aliphatic carbocycles. The van der Waals surface area contributed by atoms with E-state index >= 15 is 0 Å². The Kier molecular flexibility index (Phi) is 5.12. The number of carbonyl (C=O) groups is 2. The molecular formula is C16H28N2O3. The van der Waals surface area contributed by atoms with Gasteiger partial charge in [0.05, 0.1) is 6.54 Å². The average Bonchev–Trinajstić information content (AvgIpc) is 2.80. The largest absolute Gasteiger partial charge is 0.441 e. The third-order valence-electron chi connectivity index (χ3n) is 5.00. The summed E-state index contributed by atoms with van der Waals surface area (Å²) in [6, 6.07) is 0.